The molecular weight excluding hydrogens is 290 g/mol. The summed E-state index contributed by atoms with van der Waals surface area (Å²) in [7, 11) is 1.75. The van der Waals surface area contributed by atoms with Crippen molar-refractivity contribution in [2.75, 3.05) is 7.05 Å². The Labute approximate surface area is 137 Å². The summed E-state index contributed by atoms with van der Waals surface area (Å²) in [4.78, 5) is 18.1. The highest BCUT2D eigenvalue weighted by atomic mass is 16.5. The van der Waals surface area contributed by atoms with Crippen molar-refractivity contribution in [3.63, 3.8) is 0 Å². The van der Waals surface area contributed by atoms with Crippen LogP contribution in [0.4, 0.5) is 4.79 Å². The van der Waals surface area contributed by atoms with Crippen LogP contribution in [-0.4, -0.2) is 28.5 Å². The molecule has 0 aliphatic carbocycles. The SMILES string of the molecule is CN(Cc1cccnc1Oc1ccccc1)C(=O)NC(C)(C)C. The number of rotatable bonds is 4. The summed E-state index contributed by atoms with van der Waals surface area (Å²) >= 11 is 0. The molecule has 0 spiro atoms. The Morgan fingerprint density at radius 3 is 2.52 bits per heavy atom. The van der Waals surface area contributed by atoms with Gasteiger partial charge in [0, 0.05) is 24.3 Å². The average molecular weight is 313 g/mol. The Morgan fingerprint density at radius 2 is 1.87 bits per heavy atom. The molecule has 5 nitrogen and oxygen atoms in total. The van der Waals surface area contributed by atoms with Crippen LogP contribution in [0.2, 0.25) is 0 Å². The van der Waals surface area contributed by atoms with Crippen molar-refractivity contribution in [3.05, 3.63) is 54.2 Å². The molecule has 0 aliphatic heterocycles. The highest BCUT2D eigenvalue weighted by molar-refractivity contribution is 5.74. The number of pyridine rings is 1. The van der Waals surface area contributed by atoms with E-state index in [2.05, 4.69) is 10.3 Å². The molecule has 5 heteroatoms. The number of para-hydroxylation sites is 1. The summed E-state index contributed by atoms with van der Waals surface area (Å²) < 4.78 is 5.82. The predicted molar refractivity (Wildman–Crippen MR) is 90.5 cm³/mol. The highest BCUT2D eigenvalue weighted by Crippen LogP contribution is 2.23. The van der Waals surface area contributed by atoms with Gasteiger partial charge in [0.1, 0.15) is 5.75 Å². The molecule has 2 amide bonds. The van der Waals surface area contributed by atoms with E-state index >= 15 is 0 Å². The van der Waals surface area contributed by atoms with Crippen molar-refractivity contribution in [1.82, 2.24) is 15.2 Å². The Hall–Kier alpha value is -2.56. The topological polar surface area (TPSA) is 54.5 Å². The van der Waals surface area contributed by atoms with Crippen LogP contribution in [-0.2, 0) is 6.54 Å². The lowest BCUT2D eigenvalue weighted by Gasteiger charge is -2.26. The Morgan fingerprint density at radius 1 is 1.17 bits per heavy atom. The van der Waals surface area contributed by atoms with Crippen LogP contribution in [0.15, 0.2) is 48.7 Å². The minimum absolute atomic E-state index is 0.132. The third-order valence-electron chi connectivity index (χ3n) is 3.04. The van der Waals surface area contributed by atoms with Crippen molar-refractivity contribution in [1.29, 1.82) is 0 Å². The van der Waals surface area contributed by atoms with Crippen LogP contribution < -0.4 is 10.1 Å². The highest BCUT2D eigenvalue weighted by Gasteiger charge is 2.18. The fraction of sp³-hybridized carbons (Fsp3) is 0.333. The lowest BCUT2D eigenvalue weighted by Crippen LogP contribution is -2.46. The smallest absolute Gasteiger partial charge is 0.317 e. The molecule has 122 valence electrons. The first-order chi connectivity index (χ1) is 10.8. The second-order valence-corrected chi connectivity index (χ2v) is 6.42. The molecule has 0 atom stereocenters. The molecule has 2 aromatic rings. The van der Waals surface area contributed by atoms with Crippen LogP contribution >= 0.6 is 0 Å². The van der Waals surface area contributed by atoms with Gasteiger partial charge in [-0.15, -0.1) is 0 Å². The molecule has 2 rings (SSSR count). The van der Waals surface area contributed by atoms with E-state index in [9.17, 15) is 4.79 Å². The fourth-order valence-corrected chi connectivity index (χ4v) is 1.98. The zero-order chi connectivity index (χ0) is 16.9. The number of ether oxygens (including phenoxy) is 1. The number of hydrogen-bond donors (Lipinski definition) is 1. The second kappa shape index (κ2) is 7.13. The molecular formula is C18H23N3O2. The molecule has 0 fully saturated rings. The summed E-state index contributed by atoms with van der Waals surface area (Å²) in [5.41, 5.74) is 0.576. The Balaban J connectivity index is 2.10. The third-order valence-corrected chi connectivity index (χ3v) is 3.04. The third kappa shape index (κ3) is 5.29. The quantitative estimate of drug-likeness (QED) is 0.933. The van der Waals surface area contributed by atoms with Gasteiger partial charge < -0.3 is 15.0 Å². The number of amides is 2. The van der Waals surface area contributed by atoms with E-state index in [1.807, 2.05) is 63.2 Å². The summed E-state index contributed by atoms with van der Waals surface area (Å²) in [6, 6.07) is 13.1. The van der Waals surface area contributed by atoms with Gasteiger partial charge in [-0.25, -0.2) is 9.78 Å². The van der Waals surface area contributed by atoms with Crippen molar-refractivity contribution in [3.8, 4) is 11.6 Å². The number of benzene rings is 1. The molecule has 23 heavy (non-hydrogen) atoms. The van der Waals surface area contributed by atoms with Crippen LogP contribution in [0.25, 0.3) is 0 Å². The lowest BCUT2D eigenvalue weighted by atomic mass is 10.1. The molecule has 1 N–H and O–H groups in total. The number of aromatic nitrogens is 1. The van der Waals surface area contributed by atoms with Gasteiger partial charge in [-0.2, -0.15) is 0 Å². The van der Waals surface area contributed by atoms with Crippen molar-refractivity contribution < 1.29 is 9.53 Å². The number of carbonyl (C=O) groups excluding carboxylic acids is 1. The van der Waals surface area contributed by atoms with Crippen LogP contribution in [0.1, 0.15) is 26.3 Å². The van der Waals surface area contributed by atoms with E-state index < -0.39 is 0 Å². The van der Waals surface area contributed by atoms with E-state index in [0.717, 1.165) is 5.56 Å². The molecule has 1 heterocycles. The standard InChI is InChI=1S/C18H23N3O2/c1-18(2,3)20-17(22)21(4)13-14-9-8-12-19-16(14)23-15-10-6-5-7-11-15/h5-12H,13H2,1-4H3,(H,20,22). The predicted octanol–water partition coefficient (Wildman–Crippen LogP) is 3.81. The van der Waals surface area contributed by atoms with Gasteiger partial charge in [0.2, 0.25) is 5.88 Å². The molecule has 1 aromatic carbocycles. The van der Waals surface area contributed by atoms with Crippen molar-refractivity contribution in [2.45, 2.75) is 32.9 Å². The molecule has 0 aliphatic rings. The number of nitrogens with zero attached hydrogens (tertiary/aromatic N) is 2. The maximum Gasteiger partial charge on any atom is 0.317 e. The van der Waals surface area contributed by atoms with E-state index in [1.54, 1.807) is 18.1 Å². The lowest BCUT2D eigenvalue weighted by molar-refractivity contribution is 0.197. The summed E-state index contributed by atoms with van der Waals surface area (Å²) in [5.74, 6) is 1.23. The first-order valence-corrected chi connectivity index (χ1v) is 7.55. The number of carbonyl (C=O) groups is 1. The zero-order valence-corrected chi connectivity index (χ0v) is 14.0. The van der Waals surface area contributed by atoms with Crippen LogP contribution in [0.5, 0.6) is 11.6 Å². The first kappa shape index (κ1) is 16.8. The fourth-order valence-electron chi connectivity index (χ4n) is 1.98. The summed E-state index contributed by atoms with van der Waals surface area (Å²) in [5, 5.41) is 2.93. The summed E-state index contributed by atoms with van der Waals surface area (Å²) in [6.07, 6.45) is 1.68. The Bertz CT molecular complexity index is 651. The molecule has 0 unspecified atom stereocenters. The van der Waals surface area contributed by atoms with E-state index in [1.165, 1.54) is 0 Å². The maximum atomic E-state index is 12.2. The van der Waals surface area contributed by atoms with E-state index in [4.69, 9.17) is 4.74 Å². The second-order valence-electron chi connectivity index (χ2n) is 6.42. The number of urea groups is 1. The average Bonchev–Trinajstić information content (AvgIpc) is 2.48. The van der Waals surface area contributed by atoms with Crippen LogP contribution in [0.3, 0.4) is 0 Å². The van der Waals surface area contributed by atoms with E-state index in [0.29, 0.717) is 18.2 Å². The van der Waals surface area contributed by atoms with Gasteiger partial charge in [-0.05, 0) is 39.0 Å². The van der Waals surface area contributed by atoms with Crippen molar-refractivity contribution >= 4 is 6.03 Å². The molecule has 0 radical (unpaired) electrons. The van der Waals surface area contributed by atoms with Gasteiger partial charge in [0.05, 0.1) is 6.54 Å². The monoisotopic (exact) mass is 313 g/mol. The van der Waals surface area contributed by atoms with Gasteiger partial charge in [0.15, 0.2) is 0 Å². The minimum atomic E-state index is -0.274. The zero-order valence-electron chi connectivity index (χ0n) is 14.0. The largest absolute Gasteiger partial charge is 0.439 e. The van der Waals surface area contributed by atoms with Gasteiger partial charge >= 0.3 is 6.03 Å². The number of hydrogen-bond acceptors (Lipinski definition) is 3. The Kier molecular flexibility index (Phi) is 5.21. The van der Waals surface area contributed by atoms with Gasteiger partial charge in [-0.3, -0.25) is 0 Å². The van der Waals surface area contributed by atoms with Gasteiger partial charge in [0.25, 0.3) is 0 Å². The molecule has 1 aromatic heterocycles. The maximum absolute atomic E-state index is 12.2. The van der Waals surface area contributed by atoms with E-state index in [-0.39, 0.29) is 11.6 Å². The molecule has 0 saturated heterocycles. The summed E-state index contributed by atoms with van der Waals surface area (Å²) in [6.45, 7) is 6.27. The van der Waals surface area contributed by atoms with Gasteiger partial charge in [-0.1, -0.05) is 24.3 Å². The van der Waals surface area contributed by atoms with Crippen molar-refractivity contribution in [2.24, 2.45) is 0 Å². The normalized spacial score (nSPS) is 11.0. The first-order valence-electron chi connectivity index (χ1n) is 7.55. The van der Waals surface area contributed by atoms with Crippen LogP contribution in [0, 0.1) is 0 Å². The molecule has 0 bridgehead atoms. The minimum Gasteiger partial charge on any atom is -0.439 e. The number of nitrogens with one attached hydrogen (secondary N) is 1. The molecule has 0 saturated carbocycles.